The zero-order chi connectivity index (χ0) is 18.1. The zero-order valence-electron chi connectivity index (χ0n) is 14.1. The van der Waals surface area contributed by atoms with Crippen molar-refractivity contribution in [2.24, 2.45) is 11.8 Å². The van der Waals surface area contributed by atoms with Crippen LogP contribution < -0.4 is 10.2 Å². The van der Waals surface area contributed by atoms with Gasteiger partial charge in [0.05, 0.1) is 17.5 Å². The molecule has 0 spiro atoms. The summed E-state index contributed by atoms with van der Waals surface area (Å²) in [5, 5.41) is 2.81. The van der Waals surface area contributed by atoms with Crippen molar-refractivity contribution in [3.8, 4) is 0 Å². The largest absolute Gasteiger partial charge is 0.322 e. The normalized spacial score (nSPS) is 21.6. The quantitative estimate of drug-likeness (QED) is 0.684. The molecule has 0 aromatic heterocycles. The molecule has 2 aromatic rings. The Hall–Kier alpha value is -3.21. The fourth-order valence-electron chi connectivity index (χ4n) is 3.54. The highest BCUT2D eigenvalue weighted by Crippen LogP contribution is 2.37. The molecular weight excluding hydrogens is 328 g/mol. The van der Waals surface area contributed by atoms with Gasteiger partial charge in [0.1, 0.15) is 0 Å². The summed E-state index contributed by atoms with van der Waals surface area (Å²) in [6.07, 6.45) is 5.18. The first kappa shape index (κ1) is 16.3. The molecule has 5 heteroatoms. The standard InChI is InChI=1S/C21H18N2O3/c24-19(14-6-2-1-3-7-14)22-15-10-12-16(13-11-15)23-20(25)17-8-4-5-9-18(17)21(23)26/h1-7,10-13,17-18H,8-9H2,(H,22,24)/t17-,18-/m0/s1. The number of rotatable bonds is 3. The van der Waals surface area contributed by atoms with Gasteiger partial charge in [-0.15, -0.1) is 0 Å². The maximum Gasteiger partial charge on any atom is 0.255 e. The van der Waals surface area contributed by atoms with Crippen molar-refractivity contribution in [2.45, 2.75) is 12.8 Å². The summed E-state index contributed by atoms with van der Waals surface area (Å²) >= 11 is 0. The highest BCUT2D eigenvalue weighted by molar-refractivity contribution is 6.22. The monoisotopic (exact) mass is 346 g/mol. The Bertz CT molecular complexity index is 861. The summed E-state index contributed by atoms with van der Waals surface area (Å²) in [5.41, 5.74) is 1.73. The van der Waals surface area contributed by atoms with Crippen molar-refractivity contribution in [1.82, 2.24) is 0 Å². The second-order valence-corrected chi connectivity index (χ2v) is 6.53. The van der Waals surface area contributed by atoms with Gasteiger partial charge in [-0.25, -0.2) is 0 Å². The third kappa shape index (κ3) is 2.81. The number of allylic oxidation sites excluding steroid dienone is 2. The van der Waals surface area contributed by atoms with Gasteiger partial charge in [0.15, 0.2) is 0 Å². The Kier molecular flexibility index (Phi) is 4.13. The van der Waals surface area contributed by atoms with Crippen molar-refractivity contribution < 1.29 is 14.4 Å². The van der Waals surface area contributed by atoms with Crippen molar-refractivity contribution >= 4 is 29.1 Å². The van der Waals surface area contributed by atoms with Gasteiger partial charge < -0.3 is 5.32 Å². The van der Waals surface area contributed by atoms with E-state index in [4.69, 9.17) is 0 Å². The van der Waals surface area contributed by atoms with Crippen molar-refractivity contribution in [3.05, 3.63) is 72.3 Å². The molecule has 1 aliphatic heterocycles. The summed E-state index contributed by atoms with van der Waals surface area (Å²) < 4.78 is 0. The second-order valence-electron chi connectivity index (χ2n) is 6.53. The van der Waals surface area contributed by atoms with Gasteiger partial charge in [-0.3, -0.25) is 19.3 Å². The van der Waals surface area contributed by atoms with Gasteiger partial charge in [-0.1, -0.05) is 30.4 Å². The minimum Gasteiger partial charge on any atom is -0.322 e. The molecule has 26 heavy (non-hydrogen) atoms. The summed E-state index contributed by atoms with van der Waals surface area (Å²) in [6.45, 7) is 0. The summed E-state index contributed by atoms with van der Waals surface area (Å²) in [7, 11) is 0. The van der Waals surface area contributed by atoms with Crippen LogP contribution in [0.1, 0.15) is 23.2 Å². The van der Waals surface area contributed by atoms with Crippen molar-refractivity contribution in [1.29, 1.82) is 0 Å². The average molecular weight is 346 g/mol. The zero-order valence-corrected chi connectivity index (χ0v) is 14.1. The van der Waals surface area contributed by atoms with Crippen LogP contribution in [-0.2, 0) is 9.59 Å². The lowest BCUT2D eigenvalue weighted by Gasteiger charge is -2.15. The molecule has 1 aliphatic carbocycles. The number of benzene rings is 2. The molecule has 3 amide bonds. The van der Waals surface area contributed by atoms with E-state index in [9.17, 15) is 14.4 Å². The smallest absolute Gasteiger partial charge is 0.255 e. The Morgan fingerprint density at radius 2 is 1.42 bits per heavy atom. The highest BCUT2D eigenvalue weighted by Gasteiger charge is 2.47. The predicted octanol–water partition coefficient (Wildman–Crippen LogP) is 3.39. The Morgan fingerprint density at radius 1 is 0.846 bits per heavy atom. The average Bonchev–Trinajstić information content (AvgIpc) is 2.94. The number of hydrogen-bond donors (Lipinski definition) is 1. The number of nitrogens with zero attached hydrogens (tertiary/aromatic N) is 1. The molecule has 130 valence electrons. The van der Waals surface area contributed by atoms with Crippen LogP contribution in [0.25, 0.3) is 0 Å². The van der Waals surface area contributed by atoms with Crippen LogP contribution in [0.3, 0.4) is 0 Å². The minimum absolute atomic E-state index is 0.134. The van der Waals surface area contributed by atoms with Crippen molar-refractivity contribution in [2.75, 3.05) is 10.2 Å². The number of imide groups is 1. The summed E-state index contributed by atoms with van der Waals surface area (Å²) in [4.78, 5) is 38.7. The van der Waals surface area contributed by atoms with Crippen LogP contribution in [0.5, 0.6) is 0 Å². The first-order valence-corrected chi connectivity index (χ1v) is 8.64. The topological polar surface area (TPSA) is 66.5 Å². The van der Waals surface area contributed by atoms with Crippen LogP contribution >= 0.6 is 0 Å². The molecule has 1 fully saturated rings. The number of carbonyl (C=O) groups excluding carboxylic acids is 3. The molecule has 1 N–H and O–H groups in total. The number of amides is 3. The SMILES string of the molecule is O=C(Nc1ccc(N2C(=O)[C@H]3CC=CC[C@@H]3C2=O)cc1)c1ccccc1. The lowest BCUT2D eigenvalue weighted by Crippen LogP contribution is -2.30. The fourth-order valence-corrected chi connectivity index (χ4v) is 3.54. The van der Waals surface area contributed by atoms with Gasteiger partial charge in [0.25, 0.3) is 5.91 Å². The summed E-state index contributed by atoms with van der Waals surface area (Å²) in [5.74, 6) is -0.963. The van der Waals surface area contributed by atoms with Crippen LogP contribution in [0.2, 0.25) is 0 Å². The molecule has 2 aromatic carbocycles. The minimum atomic E-state index is -0.245. The van der Waals surface area contributed by atoms with Gasteiger partial charge in [0, 0.05) is 11.3 Å². The molecule has 0 bridgehead atoms. The van der Waals surface area contributed by atoms with E-state index in [0.29, 0.717) is 29.8 Å². The Balaban J connectivity index is 1.51. The maximum absolute atomic E-state index is 12.6. The fraction of sp³-hybridized carbons (Fsp3) is 0.190. The molecule has 5 nitrogen and oxygen atoms in total. The van der Waals surface area contributed by atoms with Crippen LogP contribution in [0, 0.1) is 11.8 Å². The van der Waals surface area contributed by atoms with Crippen LogP contribution in [0.15, 0.2) is 66.7 Å². The molecule has 0 radical (unpaired) electrons. The Labute approximate surface area is 151 Å². The molecular formula is C21H18N2O3. The van der Waals surface area contributed by atoms with Gasteiger partial charge in [-0.2, -0.15) is 0 Å². The number of anilines is 2. The number of fused-ring (bicyclic) bond motifs is 1. The number of nitrogens with one attached hydrogen (secondary N) is 1. The molecule has 2 atom stereocenters. The van der Waals surface area contributed by atoms with E-state index in [1.54, 1.807) is 48.5 Å². The molecule has 0 unspecified atom stereocenters. The lowest BCUT2D eigenvalue weighted by molar-refractivity contribution is -0.122. The third-order valence-electron chi connectivity index (χ3n) is 4.93. The van der Waals surface area contributed by atoms with E-state index in [1.807, 2.05) is 18.2 Å². The predicted molar refractivity (Wildman–Crippen MR) is 98.7 cm³/mol. The van der Waals surface area contributed by atoms with E-state index in [2.05, 4.69) is 5.32 Å². The maximum atomic E-state index is 12.6. The molecule has 1 heterocycles. The van der Waals surface area contributed by atoms with E-state index in [0.717, 1.165) is 0 Å². The molecule has 2 aliphatic rings. The van der Waals surface area contributed by atoms with E-state index >= 15 is 0 Å². The van der Waals surface area contributed by atoms with E-state index in [1.165, 1.54) is 4.90 Å². The first-order chi connectivity index (χ1) is 12.6. The van der Waals surface area contributed by atoms with Gasteiger partial charge in [0.2, 0.25) is 11.8 Å². The van der Waals surface area contributed by atoms with E-state index < -0.39 is 0 Å². The van der Waals surface area contributed by atoms with Gasteiger partial charge in [-0.05, 0) is 49.2 Å². The molecule has 4 rings (SSSR count). The van der Waals surface area contributed by atoms with Crippen LogP contribution in [0.4, 0.5) is 11.4 Å². The summed E-state index contributed by atoms with van der Waals surface area (Å²) in [6, 6.07) is 15.7. The molecule has 0 saturated carbocycles. The van der Waals surface area contributed by atoms with Crippen LogP contribution in [-0.4, -0.2) is 17.7 Å². The van der Waals surface area contributed by atoms with E-state index in [-0.39, 0.29) is 29.6 Å². The molecule has 1 saturated heterocycles. The van der Waals surface area contributed by atoms with Crippen molar-refractivity contribution in [3.63, 3.8) is 0 Å². The Morgan fingerprint density at radius 3 is 2.00 bits per heavy atom. The van der Waals surface area contributed by atoms with Gasteiger partial charge >= 0.3 is 0 Å². The second kappa shape index (κ2) is 6.59. The highest BCUT2D eigenvalue weighted by atomic mass is 16.2. The first-order valence-electron chi connectivity index (χ1n) is 8.64. The lowest BCUT2D eigenvalue weighted by atomic mass is 9.85. The number of hydrogen-bond acceptors (Lipinski definition) is 3. The number of carbonyl (C=O) groups is 3. The third-order valence-corrected chi connectivity index (χ3v) is 4.93.